The summed E-state index contributed by atoms with van der Waals surface area (Å²) < 4.78 is 1.53. The van der Waals surface area contributed by atoms with Gasteiger partial charge in [-0.3, -0.25) is 9.59 Å². The second-order valence-electron chi connectivity index (χ2n) is 6.06. The summed E-state index contributed by atoms with van der Waals surface area (Å²) in [4.78, 5) is 24.3. The molecule has 2 aromatic carbocycles. The number of nitrogens with one attached hydrogen (secondary N) is 1. The minimum Gasteiger partial charge on any atom is -0.345 e. The first-order valence-corrected chi connectivity index (χ1v) is 9.90. The van der Waals surface area contributed by atoms with Gasteiger partial charge in [0.15, 0.2) is 5.78 Å². The van der Waals surface area contributed by atoms with Gasteiger partial charge in [-0.25, -0.2) is 0 Å². The maximum atomic E-state index is 12.4. The fraction of sp³-hybridized carbons (Fsp3) is 0.211. The number of thioether (sulfide) groups is 1. The van der Waals surface area contributed by atoms with Crippen LogP contribution in [-0.4, -0.2) is 43.7 Å². The molecule has 0 spiro atoms. The Morgan fingerprint density at radius 1 is 1.14 bits per heavy atom. The highest BCUT2D eigenvalue weighted by Gasteiger charge is 2.19. The van der Waals surface area contributed by atoms with E-state index in [1.54, 1.807) is 24.3 Å². The highest BCUT2D eigenvalue weighted by molar-refractivity contribution is 7.99. The molecule has 1 heterocycles. The number of carbonyl (C=O) groups is 2. The number of carbonyl (C=O) groups excluding carboxylic acids is 2. The molecule has 3 rings (SSSR count). The average molecular weight is 416 g/mol. The molecule has 0 aliphatic carbocycles. The molecule has 0 radical (unpaired) electrons. The van der Waals surface area contributed by atoms with E-state index in [0.29, 0.717) is 16.6 Å². The number of Topliss-reactive ketones (excluding diaryl/α,β-unsaturated/α-hetero) is 1. The molecule has 0 aliphatic rings. The molecule has 0 saturated heterocycles. The molecular formula is C19H18ClN5O2S. The highest BCUT2D eigenvalue weighted by atomic mass is 35.5. The smallest absolute Gasteiger partial charge is 0.231 e. The van der Waals surface area contributed by atoms with Crippen molar-refractivity contribution in [3.8, 4) is 5.69 Å². The molecule has 9 heteroatoms. The lowest BCUT2D eigenvalue weighted by atomic mass is 10.0. The highest BCUT2D eigenvalue weighted by Crippen LogP contribution is 2.19. The van der Waals surface area contributed by atoms with Crippen LogP contribution in [0.3, 0.4) is 0 Å². The van der Waals surface area contributed by atoms with Gasteiger partial charge in [-0.2, -0.15) is 4.68 Å². The number of tetrazole rings is 1. The Morgan fingerprint density at radius 2 is 1.86 bits per heavy atom. The van der Waals surface area contributed by atoms with E-state index in [4.69, 9.17) is 11.6 Å². The van der Waals surface area contributed by atoms with E-state index in [1.165, 1.54) is 23.4 Å². The molecule has 1 atom stereocenters. The van der Waals surface area contributed by atoms with Crippen molar-refractivity contribution in [2.75, 3.05) is 5.75 Å². The molecule has 0 bridgehead atoms. The first kappa shape index (κ1) is 20.0. The SMILES string of the molecule is CC(=O)[C@H](Cc1ccccc1)NC(=O)CSc1nnnn1-c1ccc(Cl)cc1. The van der Waals surface area contributed by atoms with Gasteiger partial charge in [-0.1, -0.05) is 53.7 Å². The third-order valence-corrected chi connectivity index (χ3v) is 5.12. The van der Waals surface area contributed by atoms with Crippen LogP contribution in [0.25, 0.3) is 5.69 Å². The van der Waals surface area contributed by atoms with Gasteiger partial charge in [0.1, 0.15) is 0 Å². The Labute approximate surface area is 171 Å². The predicted molar refractivity (Wildman–Crippen MR) is 108 cm³/mol. The van der Waals surface area contributed by atoms with Crippen LogP contribution in [0.5, 0.6) is 0 Å². The molecule has 28 heavy (non-hydrogen) atoms. The molecule has 1 N–H and O–H groups in total. The van der Waals surface area contributed by atoms with Gasteiger partial charge < -0.3 is 5.32 Å². The van der Waals surface area contributed by atoms with Gasteiger partial charge in [-0.05, 0) is 53.6 Å². The Morgan fingerprint density at radius 3 is 2.54 bits per heavy atom. The lowest BCUT2D eigenvalue weighted by Crippen LogP contribution is -2.42. The van der Waals surface area contributed by atoms with Crippen molar-refractivity contribution >= 4 is 35.1 Å². The van der Waals surface area contributed by atoms with E-state index in [1.807, 2.05) is 30.3 Å². The number of hydrogen-bond acceptors (Lipinski definition) is 6. The van der Waals surface area contributed by atoms with Crippen LogP contribution in [0, 0.1) is 0 Å². The van der Waals surface area contributed by atoms with Gasteiger partial charge in [-0.15, -0.1) is 5.10 Å². The maximum Gasteiger partial charge on any atom is 0.231 e. The Balaban J connectivity index is 1.60. The summed E-state index contributed by atoms with van der Waals surface area (Å²) in [5.74, 6) is -0.257. The predicted octanol–water partition coefficient (Wildman–Crippen LogP) is 2.72. The van der Waals surface area contributed by atoms with Gasteiger partial charge in [0, 0.05) is 5.02 Å². The number of benzene rings is 2. The number of rotatable bonds is 8. The van der Waals surface area contributed by atoms with Crippen LogP contribution < -0.4 is 5.32 Å². The number of nitrogens with zero attached hydrogens (tertiary/aromatic N) is 4. The fourth-order valence-corrected chi connectivity index (χ4v) is 3.35. The van der Waals surface area contributed by atoms with Crippen LogP contribution in [0.2, 0.25) is 5.02 Å². The first-order valence-electron chi connectivity index (χ1n) is 8.54. The summed E-state index contributed by atoms with van der Waals surface area (Å²) >= 11 is 7.09. The van der Waals surface area contributed by atoms with Crippen molar-refractivity contribution in [1.29, 1.82) is 0 Å². The van der Waals surface area contributed by atoms with Crippen molar-refractivity contribution < 1.29 is 9.59 Å². The van der Waals surface area contributed by atoms with Gasteiger partial charge >= 0.3 is 0 Å². The zero-order valence-electron chi connectivity index (χ0n) is 15.1. The van der Waals surface area contributed by atoms with E-state index in [2.05, 4.69) is 20.8 Å². The quantitative estimate of drug-likeness (QED) is 0.569. The summed E-state index contributed by atoms with van der Waals surface area (Å²) in [5.41, 5.74) is 1.73. The molecule has 0 fully saturated rings. The minimum atomic E-state index is -0.567. The van der Waals surface area contributed by atoms with Gasteiger partial charge in [0.05, 0.1) is 17.5 Å². The lowest BCUT2D eigenvalue weighted by Gasteiger charge is -2.16. The van der Waals surface area contributed by atoms with Crippen LogP contribution >= 0.6 is 23.4 Å². The summed E-state index contributed by atoms with van der Waals surface area (Å²) in [6.45, 7) is 1.47. The van der Waals surface area contributed by atoms with Gasteiger partial charge in [0.25, 0.3) is 0 Å². The second-order valence-corrected chi connectivity index (χ2v) is 7.44. The largest absolute Gasteiger partial charge is 0.345 e. The monoisotopic (exact) mass is 415 g/mol. The van der Waals surface area contributed by atoms with E-state index in [9.17, 15) is 9.59 Å². The van der Waals surface area contributed by atoms with Crippen molar-refractivity contribution in [2.45, 2.75) is 24.5 Å². The Kier molecular flexibility index (Phi) is 6.78. The van der Waals surface area contributed by atoms with Crippen molar-refractivity contribution in [3.05, 3.63) is 65.2 Å². The number of aromatic nitrogens is 4. The average Bonchev–Trinajstić information content (AvgIpc) is 3.16. The lowest BCUT2D eigenvalue weighted by molar-refractivity contribution is -0.125. The van der Waals surface area contributed by atoms with Crippen molar-refractivity contribution in [1.82, 2.24) is 25.5 Å². The van der Waals surface area contributed by atoms with Crippen LogP contribution in [0.4, 0.5) is 0 Å². The number of amides is 1. The summed E-state index contributed by atoms with van der Waals surface area (Å²) in [5, 5.41) is 15.4. The molecular weight excluding hydrogens is 398 g/mol. The van der Waals surface area contributed by atoms with Crippen LogP contribution in [0.1, 0.15) is 12.5 Å². The topological polar surface area (TPSA) is 89.8 Å². The van der Waals surface area contributed by atoms with Crippen LogP contribution in [0.15, 0.2) is 59.8 Å². The molecule has 0 unspecified atom stereocenters. The fourth-order valence-electron chi connectivity index (χ4n) is 2.53. The third kappa shape index (κ3) is 5.40. The van der Waals surface area contributed by atoms with Gasteiger partial charge in [0.2, 0.25) is 11.1 Å². The Bertz CT molecular complexity index is 946. The Hall–Kier alpha value is -2.71. The van der Waals surface area contributed by atoms with E-state index in [-0.39, 0.29) is 17.4 Å². The molecule has 7 nitrogen and oxygen atoms in total. The van der Waals surface area contributed by atoms with Crippen molar-refractivity contribution in [2.24, 2.45) is 0 Å². The number of hydrogen-bond donors (Lipinski definition) is 1. The number of halogens is 1. The summed E-state index contributed by atoms with van der Waals surface area (Å²) in [7, 11) is 0. The van der Waals surface area contributed by atoms with Crippen LogP contribution in [-0.2, 0) is 16.0 Å². The number of ketones is 1. The molecule has 3 aromatic rings. The molecule has 144 valence electrons. The first-order chi connectivity index (χ1) is 13.5. The standard InChI is InChI=1S/C19H18ClN5O2S/c1-13(26)17(11-14-5-3-2-4-6-14)21-18(27)12-28-19-22-23-24-25(19)16-9-7-15(20)8-10-16/h2-10,17H,11-12H2,1H3,(H,21,27)/t17-/m0/s1. The van der Waals surface area contributed by atoms with E-state index < -0.39 is 6.04 Å². The molecule has 1 amide bonds. The molecule has 0 aliphatic heterocycles. The van der Waals surface area contributed by atoms with E-state index in [0.717, 1.165) is 11.3 Å². The zero-order chi connectivity index (χ0) is 19.9. The molecule has 1 aromatic heterocycles. The second kappa shape index (κ2) is 9.48. The normalized spacial score (nSPS) is 11.8. The summed E-state index contributed by atoms with van der Waals surface area (Å²) in [6, 6.07) is 16.1. The molecule has 0 saturated carbocycles. The summed E-state index contributed by atoms with van der Waals surface area (Å²) in [6.07, 6.45) is 0.453. The van der Waals surface area contributed by atoms with Crippen molar-refractivity contribution in [3.63, 3.8) is 0 Å². The minimum absolute atomic E-state index is 0.0896. The zero-order valence-corrected chi connectivity index (χ0v) is 16.7. The third-order valence-electron chi connectivity index (χ3n) is 3.95. The maximum absolute atomic E-state index is 12.4. The van der Waals surface area contributed by atoms with E-state index >= 15 is 0 Å².